The molecule has 1 aromatic heterocycles. The normalized spacial score (nSPS) is 10.3. The number of hydrogen-bond donors (Lipinski definition) is 1. The molecule has 0 saturated carbocycles. The molecule has 0 aliphatic heterocycles. The maximum absolute atomic E-state index is 12.0. The van der Waals surface area contributed by atoms with E-state index in [-0.39, 0.29) is 17.5 Å². The van der Waals surface area contributed by atoms with Gasteiger partial charge < -0.3 is 15.4 Å². The van der Waals surface area contributed by atoms with E-state index >= 15 is 0 Å². The molecule has 2 N–H and O–H groups in total. The van der Waals surface area contributed by atoms with Crippen molar-refractivity contribution >= 4 is 11.9 Å². The van der Waals surface area contributed by atoms with Crippen LogP contribution in [0.25, 0.3) is 11.3 Å². The fourth-order valence-corrected chi connectivity index (χ4v) is 1.92. The van der Waals surface area contributed by atoms with Gasteiger partial charge in [0.1, 0.15) is 11.4 Å². The summed E-state index contributed by atoms with van der Waals surface area (Å²) in [5, 5.41) is 0. The third kappa shape index (κ3) is 3.72. The van der Waals surface area contributed by atoms with Gasteiger partial charge in [-0.2, -0.15) is 0 Å². The molecule has 0 bridgehead atoms. The SMILES string of the molecule is CCCOc1cccc(-c2cc(C(=O)N(C)C)nc(N)n2)c1. The topological polar surface area (TPSA) is 81.3 Å². The molecule has 22 heavy (non-hydrogen) atoms. The molecular weight excluding hydrogens is 280 g/mol. The minimum absolute atomic E-state index is 0.0718. The van der Waals surface area contributed by atoms with E-state index < -0.39 is 0 Å². The highest BCUT2D eigenvalue weighted by Crippen LogP contribution is 2.23. The van der Waals surface area contributed by atoms with E-state index in [9.17, 15) is 4.79 Å². The fraction of sp³-hybridized carbons (Fsp3) is 0.312. The third-order valence-electron chi connectivity index (χ3n) is 2.97. The average Bonchev–Trinajstić information content (AvgIpc) is 2.51. The number of carbonyl (C=O) groups is 1. The lowest BCUT2D eigenvalue weighted by Gasteiger charge is -2.11. The predicted molar refractivity (Wildman–Crippen MR) is 85.7 cm³/mol. The van der Waals surface area contributed by atoms with Crippen molar-refractivity contribution in [3.63, 3.8) is 0 Å². The van der Waals surface area contributed by atoms with Gasteiger partial charge in [-0.3, -0.25) is 4.79 Å². The summed E-state index contributed by atoms with van der Waals surface area (Å²) >= 11 is 0. The van der Waals surface area contributed by atoms with Crippen LogP contribution >= 0.6 is 0 Å². The molecular formula is C16H20N4O2. The Morgan fingerprint density at radius 3 is 2.73 bits per heavy atom. The molecule has 0 spiro atoms. The number of aromatic nitrogens is 2. The molecule has 116 valence electrons. The summed E-state index contributed by atoms with van der Waals surface area (Å²) in [6.07, 6.45) is 0.937. The van der Waals surface area contributed by atoms with E-state index in [1.165, 1.54) is 4.90 Å². The van der Waals surface area contributed by atoms with Crippen molar-refractivity contribution in [2.24, 2.45) is 0 Å². The fourth-order valence-electron chi connectivity index (χ4n) is 1.92. The predicted octanol–water partition coefficient (Wildman–Crippen LogP) is 2.22. The van der Waals surface area contributed by atoms with Crippen molar-refractivity contribution in [3.05, 3.63) is 36.0 Å². The summed E-state index contributed by atoms with van der Waals surface area (Å²) in [5.41, 5.74) is 7.43. The standard InChI is InChI=1S/C16H20N4O2/c1-4-8-22-12-7-5-6-11(9-12)13-10-14(15(21)20(2)3)19-16(17)18-13/h5-7,9-10H,4,8H2,1-3H3,(H2,17,18,19). The number of nitrogens with two attached hydrogens (primary N) is 1. The Kier molecular flexibility index (Phi) is 4.93. The largest absolute Gasteiger partial charge is 0.494 e. The number of benzene rings is 1. The first-order valence-corrected chi connectivity index (χ1v) is 7.10. The summed E-state index contributed by atoms with van der Waals surface area (Å²) in [7, 11) is 3.33. The molecule has 0 saturated heterocycles. The molecule has 1 heterocycles. The van der Waals surface area contributed by atoms with Crippen LogP contribution in [-0.4, -0.2) is 41.5 Å². The van der Waals surface area contributed by atoms with Crippen molar-refractivity contribution in [1.29, 1.82) is 0 Å². The van der Waals surface area contributed by atoms with Crippen LogP contribution < -0.4 is 10.5 Å². The number of ether oxygens (including phenoxy) is 1. The number of amides is 1. The van der Waals surface area contributed by atoms with Crippen LogP contribution in [0.15, 0.2) is 30.3 Å². The number of hydrogen-bond acceptors (Lipinski definition) is 5. The van der Waals surface area contributed by atoms with Crippen LogP contribution in [0.5, 0.6) is 5.75 Å². The van der Waals surface area contributed by atoms with Gasteiger partial charge in [-0.05, 0) is 24.6 Å². The zero-order valence-corrected chi connectivity index (χ0v) is 13.0. The Morgan fingerprint density at radius 1 is 1.27 bits per heavy atom. The van der Waals surface area contributed by atoms with Crippen molar-refractivity contribution in [2.75, 3.05) is 26.4 Å². The molecule has 0 fully saturated rings. The average molecular weight is 300 g/mol. The van der Waals surface area contributed by atoms with Crippen LogP contribution in [0.4, 0.5) is 5.95 Å². The van der Waals surface area contributed by atoms with E-state index in [4.69, 9.17) is 10.5 Å². The first kappa shape index (κ1) is 15.8. The van der Waals surface area contributed by atoms with E-state index in [2.05, 4.69) is 9.97 Å². The molecule has 0 aliphatic carbocycles. The third-order valence-corrected chi connectivity index (χ3v) is 2.97. The molecule has 1 amide bonds. The second-order valence-corrected chi connectivity index (χ2v) is 5.07. The highest BCUT2D eigenvalue weighted by Gasteiger charge is 2.13. The van der Waals surface area contributed by atoms with Crippen LogP contribution in [0, 0.1) is 0 Å². The Labute approximate surface area is 129 Å². The summed E-state index contributed by atoms with van der Waals surface area (Å²) in [6, 6.07) is 9.17. The summed E-state index contributed by atoms with van der Waals surface area (Å²) in [4.78, 5) is 21.7. The molecule has 6 nitrogen and oxygen atoms in total. The quantitative estimate of drug-likeness (QED) is 0.915. The van der Waals surface area contributed by atoms with Gasteiger partial charge in [0.05, 0.1) is 12.3 Å². The minimum atomic E-state index is -0.214. The Bertz CT molecular complexity index is 671. The number of nitrogens with zero attached hydrogens (tertiary/aromatic N) is 3. The summed E-state index contributed by atoms with van der Waals surface area (Å²) in [6.45, 7) is 2.70. The van der Waals surface area contributed by atoms with Gasteiger partial charge in [0.15, 0.2) is 0 Å². The van der Waals surface area contributed by atoms with Gasteiger partial charge in [-0.25, -0.2) is 9.97 Å². The van der Waals surface area contributed by atoms with Crippen LogP contribution in [0.1, 0.15) is 23.8 Å². The molecule has 2 rings (SSSR count). The monoisotopic (exact) mass is 300 g/mol. The lowest BCUT2D eigenvalue weighted by Crippen LogP contribution is -2.23. The first-order valence-electron chi connectivity index (χ1n) is 7.10. The van der Waals surface area contributed by atoms with Crippen molar-refractivity contribution in [3.8, 4) is 17.0 Å². The molecule has 6 heteroatoms. The summed E-state index contributed by atoms with van der Waals surface area (Å²) in [5.74, 6) is 0.619. The Balaban J connectivity index is 2.38. The highest BCUT2D eigenvalue weighted by molar-refractivity contribution is 5.93. The zero-order chi connectivity index (χ0) is 16.1. The molecule has 2 aromatic rings. The van der Waals surface area contributed by atoms with Crippen LogP contribution in [0.3, 0.4) is 0 Å². The summed E-state index contributed by atoms with van der Waals surface area (Å²) < 4.78 is 5.61. The Hall–Kier alpha value is -2.63. The molecule has 0 unspecified atom stereocenters. The van der Waals surface area contributed by atoms with E-state index in [0.29, 0.717) is 12.3 Å². The van der Waals surface area contributed by atoms with Crippen molar-refractivity contribution < 1.29 is 9.53 Å². The van der Waals surface area contributed by atoms with E-state index in [0.717, 1.165) is 17.7 Å². The lowest BCUT2D eigenvalue weighted by atomic mass is 10.1. The highest BCUT2D eigenvalue weighted by atomic mass is 16.5. The molecule has 1 aromatic carbocycles. The number of rotatable bonds is 5. The second kappa shape index (κ2) is 6.89. The number of nitrogen functional groups attached to an aromatic ring is 1. The van der Waals surface area contributed by atoms with Crippen molar-refractivity contribution in [2.45, 2.75) is 13.3 Å². The van der Waals surface area contributed by atoms with Gasteiger partial charge in [-0.1, -0.05) is 19.1 Å². The van der Waals surface area contributed by atoms with Gasteiger partial charge in [-0.15, -0.1) is 0 Å². The molecule has 0 aliphatic rings. The van der Waals surface area contributed by atoms with Gasteiger partial charge >= 0.3 is 0 Å². The van der Waals surface area contributed by atoms with E-state index in [1.54, 1.807) is 20.2 Å². The number of anilines is 1. The van der Waals surface area contributed by atoms with Gasteiger partial charge in [0, 0.05) is 19.7 Å². The zero-order valence-electron chi connectivity index (χ0n) is 13.0. The van der Waals surface area contributed by atoms with Crippen LogP contribution in [-0.2, 0) is 0 Å². The van der Waals surface area contributed by atoms with Gasteiger partial charge in [0.25, 0.3) is 5.91 Å². The van der Waals surface area contributed by atoms with Crippen molar-refractivity contribution in [1.82, 2.24) is 14.9 Å². The molecule has 0 radical (unpaired) electrons. The maximum atomic E-state index is 12.0. The lowest BCUT2D eigenvalue weighted by molar-refractivity contribution is 0.0822. The second-order valence-electron chi connectivity index (χ2n) is 5.07. The molecule has 0 atom stereocenters. The maximum Gasteiger partial charge on any atom is 0.272 e. The van der Waals surface area contributed by atoms with Crippen LogP contribution in [0.2, 0.25) is 0 Å². The Morgan fingerprint density at radius 2 is 2.05 bits per heavy atom. The first-order chi connectivity index (χ1) is 10.5. The van der Waals surface area contributed by atoms with E-state index in [1.807, 2.05) is 31.2 Å². The minimum Gasteiger partial charge on any atom is -0.494 e. The number of carbonyl (C=O) groups excluding carboxylic acids is 1. The smallest absolute Gasteiger partial charge is 0.272 e. The van der Waals surface area contributed by atoms with Gasteiger partial charge in [0.2, 0.25) is 5.95 Å².